The number of carbonyl (C=O) groups is 2. The first-order chi connectivity index (χ1) is 12.2. The van der Waals surface area contributed by atoms with Crippen LogP contribution in [0.4, 0.5) is 0 Å². The summed E-state index contributed by atoms with van der Waals surface area (Å²) in [5, 5.41) is 0. The number of rotatable bonds is 6. The second-order valence-electron chi connectivity index (χ2n) is 4.91. The van der Waals surface area contributed by atoms with E-state index in [1.165, 1.54) is 12.5 Å². The fraction of sp³-hybridized carbons (Fsp3) is 0.222. The highest BCUT2D eigenvalue weighted by atomic mass is 16.5. The first-order valence-corrected chi connectivity index (χ1v) is 7.76. The molecule has 0 fully saturated rings. The summed E-state index contributed by atoms with van der Waals surface area (Å²) in [4.78, 5) is 24.8. The van der Waals surface area contributed by atoms with Crippen molar-refractivity contribution in [1.29, 1.82) is 0 Å². The van der Waals surface area contributed by atoms with Crippen molar-refractivity contribution in [1.82, 2.24) is 0 Å². The maximum Gasteiger partial charge on any atom is 0.375 e. The van der Waals surface area contributed by atoms with Crippen molar-refractivity contribution in [3.63, 3.8) is 0 Å². The molecule has 0 bridgehead atoms. The van der Waals surface area contributed by atoms with Crippen LogP contribution in [0.5, 0.6) is 0 Å². The van der Waals surface area contributed by atoms with E-state index >= 15 is 0 Å². The number of hydrogen-bond acceptors (Lipinski definition) is 7. The zero-order valence-corrected chi connectivity index (χ0v) is 13.7. The number of esters is 2. The molecule has 0 amide bonds. The monoisotopic (exact) mass is 344 g/mol. The van der Waals surface area contributed by atoms with Gasteiger partial charge in [-0.05, 0) is 38.1 Å². The molecule has 0 aliphatic rings. The Kier molecular flexibility index (Phi) is 4.74. The summed E-state index contributed by atoms with van der Waals surface area (Å²) in [6.45, 7) is 3.60. The van der Waals surface area contributed by atoms with Crippen molar-refractivity contribution in [2.45, 2.75) is 13.8 Å². The molecule has 7 nitrogen and oxygen atoms in total. The van der Waals surface area contributed by atoms with Crippen LogP contribution in [-0.2, 0) is 9.47 Å². The maximum absolute atomic E-state index is 12.5. The van der Waals surface area contributed by atoms with Crippen molar-refractivity contribution >= 4 is 11.9 Å². The second kappa shape index (κ2) is 7.12. The Hall–Kier alpha value is -3.22. The van der Waals surface area contributed by atoms with Crippen molar-refractivity contribution in [2.75, 3.05) is 13.2 Å². The van der Waals surface area contributed by atoms with Crippen LogP contribution < -0.4 is 0 Å². The molecule has 3 aromatic heterocycles. The van der Waals surface area contributed by atoms with E-state index in [-0.39, 0.29) is 35.9 Å². The summed E-state index contributed by atoms with van der Waals surface area (Å²) < 4.78 is 26.5. The highest BCUT2D eigenvalue weighted by Crippen LogP contribution is 2.40. The Morgan fingerprint density at radius 1 is 0.920 bits per heavy atom. The van der Waals surface area contributed by atoms with E-state index in [0.29, 0.717) is 11.5 Å². The maximum atomic E-state index is 12.5. The van der Waals surface area contributed by atoms with Crippen LogP contribution in [-0.4, -0.2) is 25.2 Å². The Balaban J connectivity index is 2.27. The molecule has 0 spiro atoms. The molecule has 3 heterocycles. The molecule has 3 aromatic rings. The Labute approximate surface area is 143 Å². The average Bonchev–Trinajstić information content (AvgIpc) is 3.33. The predicted octanol–water partition coefficient (Wildman–Crippen LogP) is 4.15. The van der Waals surface area contributed by atoms with E-state index in [1.54, 1.807) is 38.1 Å². The molecule has 0 atom stereocenters. The lowest BCUT2D eigenvalue weighted by Crippen LogP contribution is -2.12. The Morgan fingerprint density at radius 2 is 1.52 bits per heavy atom. The number of carbonyl (C=O) groups excluding carboxylic acids is 2. The van der Waals surface area contributed by atoms with E-state index in [1.807, 2.05) is 0 Å². The molecule has 3 rings (SSSR count). The SMILES string of the molecule is CCOC(=O)c1oc(-c2ccco2)c(-c2ccco2)c1C(=O)OCC. The van der Waals surface area contributed by atoms with E-state index < -0.39 is 11.9 Å². The minimum atomic E-state index is -0.767. The first-order valence-electron chi connectivity index (χ1n) is 7.76. The van der Waals surface area contributed by atoms with Gasteiger partial charge in [0.05, 0.1) is 31.3 Å². The standard InChI is InChI=1S/C18H16O7/c1-3-21-17(19)14-13(11-7-5-9-23-11)15(12-8-6-10-24-12)25-16(14)18(20)22-4-2/h5-10H,3-4H2,1-2H3. The minimum absolute atomic E-state index is 0.0540. The summed E-state index contributed by atoms with van der Waals surface area (Å²) in [7, 11) is 0. The molecule has 0 saturated heterocycles. The van der Waals surface area contributed by atoms with E-state index in [9.17, 15) is 9.59 Å². The van der Waals surface area contributed by atoms with Crippen LogP contribution in [0.25, 0.3) is 22.8 Å². The molecule has 0 radical (unpaired) electrons. The smallest absolute Gasteiger partial charge is 0.375 e. The number of hydrogen-bond donors (Lipinski definition) is 0. The van der Waals surface area contributed by atoms with Gasteiger partial charge >= 0.3 is 11.9 Å². The van der Waals surface area contributed by atoms with Crippen LogP contribution >= 0.6 is 0 Å². The lowest BCUT2D eigenvalue weighted by Gasteiger charge is -2.04. The summed E-state index contributed by atoms with van der Waals surface area (Å²) in [5.41, 5.74) is 0.225. The fourth-order valence-electron chi connectivity index (χ4n) is 2.41. The van der Waals surface area contributed by atoms with Crippen LogP contribution in [0.2, 0.25) is 0 Å². The van der Waals surface area contributed by atoms with Gasteiger partial charge < -0.3 is 22.7 Å². The molecule has 25 heavy (non-hydrogen) atoms. The quantitative estimate of drug-likeness (QED) is 0.620. The molecule has 130 valence electrons. The van der Waals surface area contributed by atoms with Gasteiger partial charge in [0.2, 0.25) is 5.76 Å². The summed E-state index contributed by atoms with van der Waals surface area (Å²) in [6, 6.07) is 6.62. The summed E-state index contributed by atoms with van der Waals surface area (Å²) >= 11 is 0. The van der Waals surface area contributed by atoms with Gasteiger partial charge in [-0.15, -0.1) is 0 Å². The molecule has 0 aromatic carbocycles. The van der Waals surface area contributed by atoms with E-state index in [0.717, 1.165) is 0 Å². The zero-order valence-electron chi connectivity index (χ0n) is 13.7. The van der Waals surface area contributed by atoms with Crippen LogP contribution in [0, 0.1) is 0 Å². The van der Waals surface area contributed by atoms with E-state index in [4.69, 9.17) is 22.7 Å². The highest BCUT2D eigenvalue weighted by molar-refractivity contribution is 6.08. The van der Waals surface area contributed by atoms with Crippen molar-refractivity contribution in [3.05, 3.63) is 48.1 Å². The largest absolute Gasteiger partial charge is 0.464 e. The van der Waals surface area contributed by atoms with Gasteiger partial charge in [0.1, 0.15) is 11.3 Å². The van der Waals surface area contributed by atoms with Crippen LogP contribution in [0.1, 0.15) is 34.8 Å². The van der Waals surface area contributed by atoms with Gasteiger partial charge in [-0.1, -0.05) is 0 Å². The average molecular weight is 344 g/mol. The van der Waals surface area contributed by atoms with E-state index in [2.05, 4.69) is 0 Å². The highest BCUT2D eigenvalue weighted by Gasteiger charge is 2.34. The number of furan rings is 3. The van der Waals surface area contributed by atoms with Gasteiger partial charge in [0.25, 0.3) is 0 Å². The second-order valence-corrected chi connectivity index (χ2v) is 4.91. The molecule has 0 aliphatic heterocycles. The molecular formula is C18H16O7. The van der Waals surface area contributed by atoms with Gasteiger partial charge in [-0.3, -0.25) is 0 Å². The minimum Gasteiger partial charge on any atom is -0.464 e. The van der Waals surface area contributed by atoms with Crippen LogP contribution in [0.15, 0.2) is 50.0 Å². The normalized spacial score (nSPS) is 10.6. The lowest BCUT2D eigenvalue weighted by atomic mass is 10.0. The van der Waals surface area contributed by atoms with Crippen molar-refractivity contribution < 1.29 is 32.3 Å². The third-order valence-corrected chi connectivity index (χ3v) is 3.36. The first kappa shape index (κ1) is 16.6. The molecule has 7 heteroatoms. The Bertz CT molecular complexity index is 854. The lowest BCUT2D eigenvalue weighted by molar-refractivity contribution is 0.0452. The molecule has 0 N–H and O–H groups in total. The Morgan fingerprint density at radius 3 is 2.08 bits per heavy atom. The molecule has 0 unspecified atom stereocenters. The van der Waals surface area contributed by atoms with Crippen LogP contribution in [0.3, 0.4) is 0 Å². The zero-order chi connectivity index (χ0) is 17.8. The van der Waals surface area contributed by atoms with Gasteiger partial charge in [0, 0.05) is 0 Å². The van der Waals surface area contributed by atoms with Crippen molar-refractivity contribution in [3.8, 4) is 22.8 Å². The van der Waals surface area contributed by atoms with Gasteiger partial charge in [-0.2, -0.15) is 0 Å². The summed E-state index contributed by atoms with van der Waals surface area (Å²) in [5.74, 6) is -0.861. The van der Waals surface area contributed by atoms with Crippen molar-refractivity contribution in [2.24, 2.45) is 0 Å². The topological polar surface area (TPSA) is 92.0 Å². The third-order valence-electron chi connectivity index (χ3n) is 3.36. The molecular weight excluding hydrogens is 328 g/mol. The van der Waals surface area contributed by atoms with Gasteiger partial charge in [-0.25, -0.2) is 9.59 Å². The fourth-order valence-corrected chi connectivity index (χ4v) is 2.41. The number of ether oxygens (including phenoxy) is 2. The molecule has 0 aliphatic carbocycles. The molecule has 0 saturated carbocycles. The summed E-state index contributed by atoms with van der Waals surface area (Å²) in [6.07, 6.45) is 2.91. The predicted molar refractivity (Wildman–Crippen MR) is 86.0 cm³/mol. The third kappa shape index (κ3) is 3.08. The van der Waals surface area contributed by atoms with Gasteiger partial charge in [0.15, 0.2) is 11.5 Å².